The summed E-state index contributed by atoms with van der Waals surface area (Å²) in [5.41, 5.74) is 2.12. The third-order valence-corrected chi connectivity index (χ3v) is 4.33. The van der Waals surface area contributed by atoms with E-state index >= 15 is 0 Å². The van der Waals surface area contributed by atoms with Gasteiger partial charge in [0.1, 0.15) is 0 Å². The molecule has 0 atom stereocenters. The smallest absolute Gasteiger partial charge is 0.323 e. The minimum atomic E-state index is -0.323. The highest BCUT2D eigenvalue weighted by molar-refractivity contribution is 7.98. The number of rotatable bonds is 4. The van der Waals surface area contributed by atoms with E-state index in [0.29, 0.717) is 18.8 Å². The minimum absolute atomic E-state index is 0.120. The first-order valence-electron chi connectivity index (χ1n) is 7.53. The Bertz CT molecular complexity index is 766. The van der Waals surface area contributed by atoms with Crippen molar-refractivity contribution < 1.29 is 9.59 Å². The monoisotopic (exact) mass is 342 g/mol. The number of urea groups is 2. The fraction of sp³-hybridized carbons (Fsp3) is 0.176. The van der Waals surface area contributed by atoms with Crippen LogP contribution in [0.1, 0.15) is 0 Å². The molecule has 1 saturated heterocycles. The van der Waals surface area contributed by atoms with Crippen LogP contribution in [0.2, 0.25) is 0 Å². The average molecular weight is 342 g/mol. The molecule has 2 aromatic carbocycles. The Labute approximate surface area is 144 Å². The van der Waals surface area contributed by atoms with Gasteiger partial charge in [-0.3, -0.25) is 4.90 Å². The van der Waals surface area contributed by atoms with E-state index in [4.69, 9.17) is 0 Å². The number of hydrogen-bond acceptors (Lipinski definition) is 3. The first-order chi connectivity index (χ1) is 11.7. The lowest BCUT2D eigenvalue weighted by Crippen LogP contribution is -2.27. The topological polar surface area (TPSA) is 73.5 Å². The highest BCUT2D eigenvalue weighted by Crippen LogP contribution is 2.22. The van der Waals surface area contributed by atoms with Gasteiger partial charge in [0.05, 0.1) is 0 Å². The summed E-state index contributed by atoms with van der Waals surface area (Å²) in [6, 6.07) is 14.4. The van der Waals surface area contributed by atoms with Gasteiger partial charge in [-0.1, -0.05) is 12.1 Å². The molecule has 0 aliphatic carbocycles. The van der Waals surface area contributed by atoms with E-state index in [1.54, 1.807) is 28.8 Å². The number of anilines is 3. The zero-order valence-corrected chi connectivity index (χ0v) is 14.0. The third-order valence-electron chi connectivity index (χ3n) is 3.60. The minimum Gasteiger partial charge on any atom is -0.336 e. The molecule has 0 bridgehead atoms. The second-order valence-corrected chi connectivity index (χ2v) is 6.12. The molecule has 0 unspecified atom stereocenters. The van der Waals surface area contributed by atoms with E-state index in [-0.39, 0.29) is 12.1 Å². The van der Waals surface area contributed by atoms with Crippen molar-refractivity contribution >= 4 is 40.9 Å². The Kier molecular flexibility index (Phi) is 4.90. The summed E-state index contributed by atoms with van der Waals surface area (Å²) in [6.45, 7) is 1.25. The van der Waals surface area contributed by atoms with Crippen LogP contribution in [0.5, 0.6) is 0 Å². The number of benzene rings is 2. The molecule has 24 heavy (non-hydrogen) atoms. The van der Waals surface area contributed by atoms with Crippen LogP contribution in [0, 0.1) is 0 Å². The van der Waals surface area contributed by atoms with Crippen molar-refractivity contribution in [3.05, 3.63) is 48.5 Å². The van der Waals surface area contributed by atoms with Gasteiger partial charge in [0.25, 0.3) is 0 Å². The summed E-state index contributed by atoms with van der Waals surface area (Å²) < 4.78 is 0. The number of nitrogens with one attached hydrogen (secondary N) is 3. The van der Waals surface area contributed by atoms with Crippen LogP contribution in [0.25, 0.3) is 0 Å². The maximum atomic E-state index is 12.2. The van der Waals surface area contributed by atoms with Gasteiger partial charge in [0.2, 0.25) is 0 Å². The molecule has 0 saturated carbocycles. The number of carbonyl (C=O) groups is 2. The summed E-state index contributed by atoms with van der Waals surface area (Å²) in [5, 5.41) is 8.36. The molecule has 1 aliphatic heterocycles. The molecule has 3 N–H and O–H groups in total. The van der Waals surface area contributed by atoms with Gasteiger partial charge in [0, 0.05) is 35.0 Å². The molecule has 0 radical (unpaired) electrons. The molecule has 1 aliphatic rings. The molecular weight excluding hydrogens is 324 g/mol. The molecule has 7 heteroatoms. The fourth-order valence-corrected chi connectivity index (χ4v) is 2.92. The Balaban J connectivity index is 1.67. The molecule has 124 valence electrons. The SMILES string of the molecule is CSc1cccc(NC(=O)Nc2cccc(N3CCNC3=O)c2)c1. The summed E-state index contributed by atoms with van der Waals surface area (Å²) >= 11 is 1.62. The fourth-order valence-electron chi connectivity index (χ4n) is 2.46. The lowest BCUT2D eigenvalue weighted by Gasteiger charge is -2.15. The number of nitrogens with zero attached hydrogens (tertiary/aromatic N) is 1. The maximum absolute atomic E-state index is 12.2. The Hall–Kier alpha value is -2.67. The lowest BCUT2D eigenvalue weighted by atomic mass is 10.2. The molecule has 0 spiro atoms. The zero-order valence-electron chi connectivity index (χ0n) is 13.2. The van der Waals surface area contributed by atoms with Gasteiger partial charge < -0.3 is 16.0 Å². The Morgan fingerprint density at radius 1 is 1.12 bits per heavy atom. The second-order valence-electron chi connectivity index (χ2n) is 5.24. The van der Waals surface area contributed by atoms with Crippen molar-refractivity contribution in [1.29, 1.82) is 0 Å². The van der Waals surface area contributed by atoms with E-state index < -0.39 is 0 Å². The van der Waals surface area contributed by atoms with Crippen molar-refractivity contribution in [3.63, 3.8) is 0 Å². The highest BCUT2D eigenvalue weighted by Gasteiger charge is 2.21. The van der Waals surface area contributed by atoms with E-state index in [0.717, 1.165) is 16.3 Å². The first-order valence-corrected chi connectivity index (χ1v) is 8.76. The van der Waals surface area contributed by atoms with Gasteiger partial charge >= 0.3 is 12.1 Å². The van der Waals surface area contributed by atoms with E-state index in [1.807, 2.05) is 42.7 Å². The van der Waals surface area contributed by atoms with E-state index in [9.17, 15) is 9.59 Å². The predicted molar refractivity (Wildman–Crippen MR) is 98.1 cm³/mol. The van der Waals surface area contributed by atoms with Crippen LogP contribution < -0.4 is 20.9 Å². The van der Waals surface area contributed by atoms with E-state index in [2.05, 4.69) is 16.0 Å². The largest absolute Gasteiger partial charge is 0.336 e. The van der Waals surface area contributed by atoms with Crippen LogP contribution in [-0.4, -0.2) is 31.4 Å². The van der Waals surface area contributed by atoms with Gasteiger partial charge in [-0.2, -0.15) is 0 Å². The van der Waals surface area contributed by atoms with Crippen LogP contribution in [0.3, 0.4) is 0 Å². The van der Waals surface area contributed by atoms with Crippen molar-refractivity contribution in [1.82, 2.24) is 5.32 Å². The molecule has 4 amide bonds. The molecule has 2 aromatic rings. The predicted octanol–water partition coefficient (Wildman–Crippen LogP) is 3.58. The van der Waals surface area contributed by atoms with Crippen LogP contribution in [0.4, 0.5) is 26.7 Å². The highest BCUT2D eigenvalue weighted by atomic mass is 32.2. The molecule has 1 heterocycles. The van der Waals surface area contributed by atoms with E-state index in [1.165, 1.54) is 0 Å². The first kappa shape index (κ1) is 16.2. The van der Waals surface area contributed by atoms with Crippen molar-refractivity contribution in [3.8, 4) is 0 Å². The van der Waals surface area contributed by atoms with Gasteiger partial charge in [-0.25, -0.2) is 9.59 Å². The van der Waals surface area contributed by atoms with Gasteiger partial charge in [0.15, 0.2) is 0 Å². The van der Waals surface area contributed by atoms with Gasteiger partial charge in [-0.15, -0.1) is 11.8 Å². The summed E-state index contributed by atoms with van der Waals surface area (Å²) in [6.07, 6.45) is 1.99. The van der Waals surface area contributed by atoms with Crippen molar-refractivity contribution in [2.45, 2.75) is 4.90 Å². The van der Waals surface area contributed by atoms with Gasteiger partial charge in [-0.05, 0) is 42.7 Å². The normalized spacial score (nSPS) is 13.5. The number of hydrogen-bond donors (Lipinski definition) is 3. The third kappa shape index (κ3) is 3.80. The molecule has 3 rings (SSSR count). The standard InChI is InChI=1S/C17H18N4O2S/c1-24-15-7-3-5-13(11-15)20-16(22)19-12-4-2-6-14(10-12)21-9-8-18-17(21)23/h2-7,10-11H,8-9H2,1H3,(H,18,23)(H2,19,20,22). The molecule has 0 aromatic heterocycles. The van der Waals surface area contributed by atoms with Crippen LogP contribution >= 0.6 is 11.8 Å². The summed E-state index contributed by atoms with van der Waals surface area (Å²) in [5.74, 6) is 0. The number of thioether (sulfide) groups is 1. The number of carbonyl (C=O) groups excluding carboxylic acids is 2. The Morgan fingerprint density at radius 3 is 2.50 bits per heavy atom. The number of amides is 4. The van der Waals surface area contributed by atoms with Crippen molar-refractivity contribution in [2.24, 2.45) is 0 Å². The second kappa shape index (κ2) is 7.27. The zero-order chi connectivity index (χ0) is 16.9. The van der Waals surface area contributed by atoms with Crippen LogP contribution in [0.15, 0.2) is 53.4 Å². The molecule has 6 nitrogen and oxygen atoms in total. The lowest BCUT2D eigenvalue weighted by molar-refractivity contribution is 0.252. The molecular formula is C17H18N4O2S. The van der Waals surface area contributed by atoms with Crippen molar-refractivity contribution in [2.75, 3.05) is 34.9 Å². The summed E-state index contributed by atoms with van der Waals surface area (Å²) in [4.78, 5) is 26.6. The maximum Gasteiger partial charge on any atom is 0.323 e. The average Bonchev–Trinajstić information content (AvgIpc) is 3.01. The summed E-state index contributed by atoms with van der Waals surface area (Å²) in [7, 11) is 0. The van der Waals surface area contributed by atoms with Crippen LogP contribution in [-0.2, 0) is 0 Å². The Morgan fingerprint density at radius 2 is 1.83 bits per heavy atom. The quantitative estimate of drug-likeness (QED) is 0.744. The molecule has 1 fully saturated rings.